The number of rotatable bonds is 3. The number of hydrogen-bond donors (Lipinski definition) is 1. The van der Waals surface area contributed by atoms with Crippen molar-refractivity contribution in [3.63, 3.8) is 0 Å². The molecule has 0 fully saturated rings. The number of aromatic nitrogens is 1. The highest BCUT2D eigenvalue weighted by Crippen LogP contribution is 2.24. The number of pyridine rings is 1. The van der Waals surface area contributed by atoms with E-state index < -0.39 is 0 Å². The van der Waals surface area contributed by atoms with Gasteiger partial charge in [-0.15, -0.1) is 0 Å². The molecule has 2 rings (SSSR count). The molecule has 1 N–H and O–H groups in total. The third kappa shape index (κ3) is 2.98. The fourth-order valence-electron chi connectivity index (χ4n) is 1.72. The van der Waals surface area contributed by atoms with Crippen LogP contribution in [-0.4, -0.2) is 4.98 Å². The van der Waals surface area contributed by atoms with Gasteiger partial charge in [-0.25, -0.2) is 0 Å². The van der Waals surface area contributed by atoms with Crippen LogP contribution < -0.4 is 5.32 Å². The summed E-state index contributed by atoms with van der Waals surface area (Å²) in [6.07, 6.45) is 3.61. The molecule has 1 aromatic carbocycles. The normalized spacial score (nSPS) is 12.2. The summed E-state index contributed by atoms with van der Waals surface area (Å²) in [7, 11) is 0. The predicted molar refractivity (Wildman–Crippen MR) is 72.5 cm³/mol. The lowest BCUT2D eigenvalue weighted by molar-refractivity contribution is 0.878. The van der Waals surface area contributed by atoms with Crippen LogP contribution in [0.15, 0.2) is 42.7 Å². The third-order valence-corrected chi connectivity index (χ3v) is 3.01. The van der Waals surface area contributed by atoms with Gasteiger partial charge in [0.05, 0.1) is 0 Å². The molecule has 1 atom stereocenters. The summed E-state index contributed by atoms with van der Waals surface area (Å²) in [5, 5.41) is 4.21. The highest BCUT2D eigenvalue weighted by atomic mass is 35.5. The van der Waals surface area contributed by atoms with E-state index in [1.165, 1.54) is 11.1 Å². The maximum atomic E-state index is 6.00. The molecule has 0 aliphatic rings. The van der Waals surface area contributed by atoms with Crippen LogP contribution in [0, 0.1) is 6.92 Å². The van der Waals surface area contributed by atoms with Crippen LogP contribution in [0.5, 0.6) is 0 Å². The zero-order chi connectivity index (χ0) is 12.3. The van der Waals surface area contributed by atoms with Crippen LogP contribution in [0.3, 0.4) is 0 Å². The Balaban J connectivity index is 2.18. The second-order valence-corrected chi connectivity index (χ2v) is 4.54. The lowest BCUT2D eigenvalue weighted by atomic mass is 10.1. The minimum absolute atomic E-state index is 0.232. The quantitative estimate of drug-likeness (QED) is 0.877. The highest BCUT2D eigenvalue weighted by Gasteiger charge is 2.06. The monoisotopic (exact) mass is 246 g/mol. The molecule has 0 spiro atoms. The van der Waals surface area contributed by atoms with Gasteiger partial charge in [0.25, 0.3) is 0 Å². The molecule has 1 aromatic heterocycles. The van der Waals surface area contributed by atoms with Crippen molar-refractivity contribution in [1.29, 1.82) is 0 Å². The summed E-state index contributed by atoms with van der Waals surface area (Å²) in [5.41, 5.74) is 3.47. The molecule has 0 saturated heterocycles. The van der Waals surface area contributed by atoms with E-state index in [-0.39, 0.29) is 6.04 Å². The molecule has 0 saturated carbocycles. The van der Waals surface area contributed by atoms with Gasteiger partial charge in [0.15, 0.2) is 0 Å². The first-order valence-corrected chi connectivity index (χ1v) is 5.97. The number of aryl methyl sites for hydroxylation is 1. The van der Waals surface area contributed by atoms with E-state index in [0.717, 1.165) is 10.7 Å². The summed E-state index contributed by atoms with van der Waals surface area (Å²) < 4.78 is 0. The van der Waals surface area contributed by atoms with Crippen molar-refractivity contribution in [2.45, 2.75) is 19.9 Å². The predicted octanol–water partition coefficient (Wildman–Crippen LogP) is 4.22. The molecule has 2 nitrogen and oxygen atoms in total. The molecule has 88 valence electrons. The van der Waals surface area contributed by atoms with Crippen molar-refractivity contribution in [3.8, 4) is 0 Å². The Kier molecular flexibility index (Phi) is 3.64. The Morgan fingerprint density at radius 3 is 2.59 bits per heavy atom. The van der Waals surface area contributed by atoms with Crippen molar-refractivity contribution in [3.05, 3.63) is 58.9 Å². The fourth-order valence-corrected chi connectivity index (χ4v) is 1.89. The molecular formula is C14H15ClN2. The molecule has 0 aliphatic heterocycles. The van der Waals surface area contributed by atoms with E-state index in [9.17, 15) is 0 Å². The van der Waals surface area contributed by atoms with Crippen molar-refractivity contribution < 1.29 is 0 Å². The zero-order valence-electron chi connectivity index (χ0n) is 9.94. The van der Waals surface area contributed by atoms with Gasteiger partial charge in [0.2, 0.25) is 0 Å². The van der Waals surface area contributed by atoms with Crippen molar-refractivity contribution in [1.82, 2.24) is 4.98 Å². The van der Waals surface area contributed by atoms with Gasteiger partial charge >= 0.3 is 0 Å². The fraction of sp³-hybridized carbons (Fsp3) is 0.214. The Morgan fingerprint density at radius 2 is 1.88 bits per heavy atom. The van der Waals surface area contributed by atoms with Crippen molar-refractivity contribution in [2.75, 3.05) is 5.32 Å². The molecule has 0 radical (unpaired) electrons. The lowest BCUT2D eigenvalue weighted by Gasteiger charge is -2.17. The number of halogens is 1. The van der Waals surface area contributed by atoms with Gasteiger partial charge in [-0.2, -0.15) is 0 Å². The average molecular weight is 247 g/mol. The molecule has 3 heteroatoms. The van der Waals surface area contributed by atoms with Gasteiger partial charge in [0, 0.05) is 29.1 Å². The van der Waals surface area contributed by atoms with E-state index in [2.05, 4.69) is 24.1 Å². The topological polar surface area (TPSA) is 24.9 Å². The van der Waals surface area contributed by atoms with E-state index in [1.807, 2.05) is 30.3 Å². The first-order valence-electron chi connectivity index (χ1n) is 5.59. The number of nitrogens with one attached hydrogen (secondary N) is 1. The summed E-state index contributed by atoms with van der Waals surface area (Å²) in [6, 6.07) is 10.1. The largest absolute Gasteiger partial charge is 0.378 e. The summed E-state index contributed by atoms with van der Waals surface area (Å²) in [6.45, 7) is 4.19. The summed E-state index contributed by atoms with van der Waals surface area (Å²) >= 11 is 6.00. The molecule has 17 heavy (non-hydrogen) atoms. The highest BCUT2D eigenvalue weighted by molar-refractivity contribution is 6.30. The smallest absolute Gasteiger partial charge is 0.0486 e. The Hall–Kier alpha value is -1.54. The summed E-state index contributed by atoms with van der Waals surface area (Å²) in [5.74, 6) is 0. The second kappa shape index (κ2) is 5.19. The van der Waals surface area contributed by atoms with Crippen LogP contribution in [0.4, 0.5) is 5.69 Å². The van der Waals surface area contributed by atoms with Crippen LogP contribution in [-0.2, 0) is 0 Å². The lowest BCUT2D eigenvalue weighted by Crippen LogP contribution is -2.07. The van der Waals surface area contributed by atoms with Gasteiger partial charge in [-0.3, -0.25) is 4.98 Å². The van der Waals surface area contributed by atoms with Crippen LogP contribution >= 0.6 is 11.6 Å². The minimum atomic E-state index is 0.232. The van der Waals surface area contributed by atoms with E-state index in [1.54, 1.807) is 12.4 Å². The number of hydrogen-bond acceptors (Lipinski definition) is 2. The zero-order valence-corrected chi connectivity index (χ0v) is 10.7. The first-order chi connectivity index (χ1) is 8.16. The Bertz CT molecular complexity index is 497. The number of anilines is 1. The van der Waals surface area contributed by atoms with Crippen LogP contribution in [0.25, 0.3) is 0 Å². The van der Waals surface area contributed by atoms with Gasteiger partial charge in [-0.05, 0) is 49.2 Å². The van der Waals surface area contributed by atoms with E-state index >= 15 is 0 Å². The Morgan fingerprint density at radius 1 is 1.18 bits per heavy atom. The van der Waals surface area contributed by atoms with Gasteiger partial charge < -0.3 is 5.32 Å². The molecule has 1 unspecified atom stereocenters. The SMILES string of the molecule is Cc1ccc(Cl)cc1NC(C)c1ccncc1. The summed E-state index contributed by atoms with van der Waals surface area (Å²) in [4.78, 5) is 4.02. The van der Waals surface area contributed by atoms with E-state index in [4.69, 9.17) is 11.6 Å². The molecular weight excluding hydrogens is 232 g/mol. The van der Waals surface area contributed by atoms with Crippen molar-refractivity contribution in [2.24, 2.45) is 0 Å². The minimum Gasteiger partial charge on any atom is -0.378 e. The number of benzene rings is 1. The van der Waals surface area contributed by atoms with Gasteiger partial charge in [0.1, 0.15) is 0 Å². The molecule has 2 aromatic rings. The van der Waals surface area contributed by atoms with Crippen molar-refractivity contribution >= 4 is 17.3 Å². The number of nitrogens with zero attached hydrogens (tertiary/aromatic N) is 1. The second-order valence-electron chi connectivity index (χ2n) is 4.11. The third-order valence-electron chi connectivity index (χ3n) is 2.78. The molecule has 0 aliphatic carbocycles. The van der Waals surface area contributed by atoms with E-state index in [0.29, 0.717) is 0 Å². The van der Waals surface area contributed by atoms with Gasteiger partial charge in [-0.1, -0.05) is 17.7 Å². The molecule has 0 amide bonds. The molecule has 1 heterocycles. The maximum absolute atomic E-state index is 6.00. The first kappa shape index (κ1) is 11.9. The standard InChI is InChI=1S/C14H15ClN2/c1-10-3-4-13(15)9-14(10)17-11(2)12-5-7-16-8-6-12/h3-9,11,17H,1-2H3. The molecule has 0 bridgehead atoms. The Labute approximate surface area is 107 Å². The average Bonchev–Trinajstić information content (AvgIpc) is 2.35. The van der Waals surface area contributed by atoms with Crippen LogP contribution in [0.1, 0.15) is 24.1 Å². The van der Waals surface area contributed by atoms with Crippen LogP contribution in [0.2, 0.25) is 5.02 Å². The maximum Gasteiger partial charge on any atom is 0.0486 e.